The number of rotatable bonds is 4. The van der Waals surface area contributed by atoms with Crippen LogP contribution in [0.3, 0.4) is 0 Å². The fourth-order valence-corrected chi connectivity index (χ4v) is 5.14. The van der Waals surface area contributed by atoms with E-state index in [-0.39, 0.29) is 11.3 Å². The minimum atomic E-state index is -3.20. The largest absolute Gasteiger partial charge is 0.381 e. The van der Waals surface area contributed by atoms with Crippen LogP contribution in [0.25, 0.3) is 0 Å². The van der Waals surface area contributed by atoms with Crippen molar-refractivity contribution in [2.75, 3.05) is 31.6 Å². The highest BCUT2D eigenvalue weighted by Gasteiger charge is 2.35. The highest BCUT2D eigenvalue weighted by molar-refractivity contribution is 9.10. The van der Waals surface area contributed by atoms with Gasteiger partial charge in [0.1, 0.15) is 0 Å². The summed E-state index contributed by atoms with van der Waals surface area (Å²) in [7, 11) is -3.20. The molecule has 0 spiro atoms. The van der Waals surface area contributed by atoms with E-state index in [0.29, 0.717) is 45.1 Å². The Balaban J connectivity index is 1.54. The van der Waals surface area contributed by atoms with Crippen molar-refractivity contribution in [1.82, 2.24) is 14.3 Å². The van der Waals surface area contributed by atoms with Gasteiger partial charge in [0.05, 0.1) is 9.72 Å². The van der Waals surface area contributed by atoms with E-state index in [4.69, 9.17) is 4.74 Å². The Morgan fingerprint density at radius 1 is 1.13 bits per heavy atom. The molecule has 2 aliphatic rings. The first-order valence-electron chi connectivity index (χ1n) is 7.86. The second-order valence-corrected chi connectivity index (χ2v) is 9.03. The molecule has 0 bridgehead atoms. The van der Waals surface area contributed by atoms with Crippen LogP contribution in [0.5, 0.6) is 0 Å². The number of piperidine rings is 1. The minimum Gasteiger partial charge on any atom is -0.381 e. The summed E-state index contributed by atoms with van der Waals surface area (Å²) in [4.78, 5) is 8.40. The second kappa shape index (κ2) is 7.42. The third-order valence-corrected chi connectivity index (χ3v) is 7.17. The van der Waals surface area contributed by atoms with Gasteiger partial charge in [-0.25, -0.2) is 22.7 Å². The molecule has 1 N–H and O–H groups in total. The molecule has 0 aromatic carbocycles. The Morgan fingerprint density at radius 2 is 1.74 bits per heavy atom. The number of aromatic nitrogens is 2. The zero-order valence-corrected chi connectivity index (χ0v) is 15.2. The second-order valence-electron chi connectivity index (χ2n) is 5.90. The van der Waals surface area contributed by atoms with Crippen LogP contribution >= 0.6 is 15.9 Å². The Hall–Kier alpha value is -0.770. The van der Waals surface area contributed by atoms with Crippen molar-refractivity contribution in [1.29, 1.82) is 0 Å². The minimum absolute atomic E-state index is 0.206. The molecular formula is C14H21BrN4O3S. The number of hydrogen-bond donors (Lipinski definition) is 1. The van der Waals surface area contributed by atoms with Crippen LogP contribution in [-0.4, -0.2) is 60.3 Å². The van der Waals surface area contributed by atoms with Crippen molar-refractivity contribution in [3.8, 4) is 0 Å². The number of sulfonamides is 1. The maximum atomic E-state index is 12.7. The van der Waals surface area contributed by atoms with Gasteiger partial charge in [-0.05, 0) is 41.6 Å². The molecule has 128 valence electrons. The lowest BCUT2D eigenvalue weighted by molar-refractivity contribution is 0.0969. The zero-order chi connectivity index (χ0) is 16.3. The predicted octanol–water partition coefficient (Wildman–Crippen LogP) is 1.62. The van der Waals surface area contributed by atoms with Gasteiger partial charge >= 0.3 is 0 Å². The predicted molar refractivity (Wildman–Crippen MR) is 90.7 cm³/mol. The fourth-order valence-electron chi connectivity index (χ4n) is 3.01. The van der Waals surface area contributed by atoms with E-state index in [2.05, 4.69) is 31.2 Å². The van der Waals surface area contributed by atoms with Gasteiger partial charge in [-0.15, -0.1) is 0 Å². The molecule has 7 nitrogen and oxygen atoms in total. The number of anilines is 1. The Bertz CT molecular complexity index is 611. The number of halogens is 1. The van der Waals surface area contributed by atoms with Gasteiger partial charge in [0.25, 0.3) is 0 Å². The van der Waals surface area contributed by atoms with Gasteiger partial charge in [0.2, 0.25) is 16.0 Å². The number of hydrogen-bond acceptors (Lipinski definition) is 6. The summed E-state index contributed by atoms with van der Waals surface area (Å²) in [6.45, 7) is 2.19. The SMILES string of the molecule is O=S(=O)(C1CCOCC1)N1CCC(Nc2ncc(Br)cn2)CC1. The molecule has 9 heteroatoms. The zero-order valence-electron chi connectivity index (χ0n) is 12.8. The van der Waals surface area contributed by atoms with Crippen LogP contribution in [0.4, 0.5) is 5.95 Å². The first-order chi connectivity index (χ1) is 11.1. The van der Waals surface area contributed by atoms with Gasteiger partial charge in [-0.3, -0.25) is 0 Å². The van der Waals surface area contributed by atoms with Gasteiger partial charge in [-0.2, -0.15) is 0 Å². The normalized spacial score (nSPS) is 22.1. The maximum Gasteiger partial charge on any atom is 0.222 e. The third kappa shape index (κ3) is 4.20. The summed E-state index contributed by atoms with van der Waals surface area (Å²) in [6, 6.07) is 0.206. The molecule has 0 saturated carbocycles. The average Bonchev–Trinajstić information content (AvgIpc) is 2.58. The average molecular weight is 405 g/mol. The molecule has 1 aromatic rings. The van der Waals surface area contributed by atoms with Gasteiger partial charge in [0, 0.05) is 44.7 Å². The maximum absolute atomic E-state index is 12.7. The summed E-state index contributed by atoms with van der Waals surface area (Å²) in [5.74, 6) is 0.582. The van der Waals surface area contributed by atoms with Gasteiger partial charge < -0.3 is 10.1 Å². The van der Waals surface area contributed by atoms with Crippen molar-refractivity contribution >= 4 is 31.9 Å². The molecule has 0 unspecified atom stereocenters. The smallest absolute Gasteiger partial charge is 0.222 e. The van der Waals surface area contributed by atoms with E-state index in [1.54, 1.807) is 16.7 Å². The molecule has 3 heterocycles. The highest BCUT2D eigenvalue weighted by atomic mass is 79.9. The molecule has 2 saturated heterocycles. The van der Waals surface area contributed by atoms with Crippen molar-refractivity contribution < 1.29 is 13.2 Å². The molecule has 0 amide bonds. The number of ether oxygens (including phenoxy) is 1. The van der Waals surface area contributed by atoms with Crippen LogP contribution in [-0.2, 0) is 14.8 Å². The lowest BCUT2D eigenvalue weighted by Crippen LogP contribution is -2.47. The van der Waals surface area contributed by atoms with Crippen molar-refractivity contribution in [3.05, 3.63) is 16.9 Å². The molecule has 23 heavy (non-hydrogen) atoms. The van der Waals surface area contributed by atoms with Gasteiger partial charge in [-0.1, -0.05) is 0 Å². The standard InChI is InChI=1S/C14H21BrN4O3S/c15-11-9-16-14(17-10-11)18-12-1-5-19(6-2-12)23(20,21)13-3-7-22-8-4-13/h9-10,12-13H,1-8H2,(H,16,17,18). The molecule has 0 radical (unpaired) electrons. The van der Waals surface area contributed by atoms with Crippen LogP contribution in [0.15, 0.2) is 16.9 Å². The molecule has 0 atom stereocenters. The van der Waals surface area contributed by atoms with Crippen LogP contribution in [0, 0.1) is 0 Å². The van der Waals surface area contributed by atoms with E-state index in [0.717, 1.165) is 17.3 Å². The summed E-state index contributed by atoms with van der Waals surface area (Å²) in [6.07, 6.45) is 6.13. The van der Waals surface area contributed by atoms with E-state index in [1.807, 2.05) is 0 Å². The molecule has 0 aliphatic carbocycles. The Labute approximate surface area is 145 Å². The molecule has 2 fully saturated rings. The molecular weight excluding hydrogens is 384 g/mol. The first-order valence-corrected chi connectivity index (χ1v) is 10.2. The van der Waals surface area contributed by atoms with Crippen molar-refractivity contribution in [3.63, 3.8) is 0 Å². The van der Waals surface area contributed by atoms with E-state index < -0.39 is 10.0 Å². The van der Waals surface area contributed by atoms with E-state index >= 15 is 0 Å². The lowest BCUT2D eigenvalue weighted by atomic mass is 10.1. The molecule has 1 aromatic heterocycles. The monoisotopic (exact) mass is 404 g/mol. The Kier molecular flexibility index (Phi) is 5.50. The lowest BCUT2D eigenvalue weighted by Gasteiger charge is -2.35. The van der Waals surface area contributed by atoms with Crippen molar-refractivity contribution in [2.24, 2.45) is 0 Å². The van der Waals surface area contributed by atoms with Crippen LogP contribution in [0.2, 0.25) is 0 Å². The summed E-state index contributed by atoms with van der Waals surface area (Å²) in [5.41, 5.74) is 0. The molecule has 2 aliphatic heterocycles. The van der Waals surface area contributed by atoms with Crippen LogP contribution in [0.1, 0.15) is 25.7 Å². The summed E-state index contributed by atoms with van der Waals surface area (Å²) < 4.78 is 33.1. The van der Waals surface area contributed by atoms with Crippen LogP contribution < -0.4 is 5.32 Å². The Morgan fingerprint density at radius 3 is 2.35 bits per heavy atom. The van der Waals surface area contributed by atoms with Crippen molar-refractivity contribution in [2.45, 2.75) is 37.0 Å². The molecule has 3 rings (SSSR count). The third-order valence-electron chi connectivity index (χ3n) is 4.36. The summed E-state index contributed by atoms with van der Waals surface area (Å²) in [5, 5.41) is 2.99. The summed E-state index contributed by atoms with van der Waals surface area (Å²) >= 11 is 3.30. The van der Waals surface area contributed by atoms with Gasteiger partial charge in [0.15, 0.2) is 0 Å². The highest BCUT2D eigenvalue weighted by Crippen LogP contribution is 2.24. The first kappa shape index (κ1) is 17.1. The number of nitrogens with zero attached hydrogens (tertiary/aromatic N) is 3. The van der Waals surface area contributed by atoms with E-state index in [1.165, 1.54) is 0 Å². The fraction of sp³-hybridized carbons (Fsp3) is 0.714. The number of nitrogens with one attached hydrogen (secondary N) is 1. The topological polar surface area (TPSA) is 84.4 Å². The quantitative estimate of drug-likeness (QED) is 0.820. The van der Waals surface area contributed by atoms with E-state index in [9.17, 15) is 8.42 Å².